The van der Waals surface area contributed by atoms with Gasteiger partial charge in [-0.15, -0.1) is 25.3 Å². The van der Waals surface area contributed by atoms with Crippen LogP contribution in [0.1, 0.15) is 91.9 Å². The maximum Gasteiger partial charge on any atom is 0.306 e. The Morgan fingerprint density at radius 3 is 2.07 bits per heavy atom. The van der Waals surface area contributed by atoms with Gasteiger partial charge in [-0.25, -0.2) is 0 Å². The van der Waals surface area contributed by atoms with Gasteiger partial charge in [0.15, 0.2) is 0 Å². The molecule has 0 N–H and O–H groups in total. The van der Waals surface area contributed by atoms with Gasteiger partial charge >= 0.3 is 11.9 Å². The van der Waals surface area contributed by atoms with E-state index in [-0.39, 0.29) is 23.6 Å². The maximum absolute atomic E-state index is 12.1. The number of likely N-dealkylation sites (tertiary alicyclic amines) is 1. The number of ether oxygens (including phenoxy) is 2. The number of esters is 2. The number of unbranched alkanes of at least 4 members (excludes halogenated alkanes) is 4. The van der Waals surface area contributed by atoms with E-state index in [9.17, 15) is 9.59 Å². The van der Waals surface area contributed by atoms with Gasteiger partial charge in [-0.2, -0.15) is 0 Å². The van der Waals surface area contributed by atoms with Crippen molar-refractivity contribution < 1.29 is 19.1 Å². The summed E-state index contributed by atoms with van der Waals surface area (Å²) in [6.45, 7) is 9.28. The molecule has 5 nitrogen and oxygen atoms in total. The van der Waals surface area contributed by atoms with Gasteiger partial charge in [-0.3, -0.25) is 14.5 Å². The highest BCUT2D eigenvalue weighted by molar-refractivity contribution is 8.00. The second-order valence-corrected chi connectivity index (χ2v) is 10.2. The van der Waals surface area contributed by atoms with Crippen molar-refractivity contribution in [3.05, 3.63) is 0 Å². The lowest BCUT2D eigenvalue weighted by Gasteiger charge is -2.53. The minimum absolute atomic E-state index is 0.138. The van der Waals surface area contributed by atoms with Crippen LogP contribution in [0, 0.1) is 0 Å². The summed E-state index contributed by atoms with van der Waals surface area (Å²) in [5.41, 5.74) is -0.273. The topological polar surface area (TPSA) is 55.8 Å². The largest absolute Gasteiger partial charge is 0.464 e. The van der Waals surface area contributed by atoms with Crippen LogP contribution in [0.3, 0.4) is 0 Å². The van der Waals surface area contributed by atoms with E-state index in [4.69, 9.17) is 34.7 Å². The lowest BCUT2D eigenvalue weighted by atomic mass is 9.88. The summed E-state index contributed by atoms with van der Waals surface area (Å²) in [6.07, 6.45) is 7.98. The zero-order chi connectivity index (χ0) is 21.2. The maximum atomic E-state index is 12.1. The van der Waals surface area contributed by atoms with Crippen molar-refractivity contribution in [1.82, 2.24) is 4.90 Å². The molecule has 1 rings (SSSR count). The van der Waals surface area contributed by atoms with E-state index in [1.54, 1.807) is 0 Å². The third-order valence-electron chi connectivity index (χ3n) is 5.24. The number of rotatable bonds is 12. The number of carbonyl (C=O) groups is 2. The van der Waals surface area contributed by atoms with Crippen LogP contribution >= 0.6 is 25.3 Å². The fourth-order valence-corrected chi connectivity index (χ4v) is 4.96. The molecule has 164 valence electrons. The van der Waals surface area contributed by atoms with E-state index in [1.165, 1.54) is 0 Å². The second-order valence-electron chi connectivity index (χ2n) is 8.39. The molecule has 0 radical (unpaired) electrons. The van der Waals surface area contributed by atoms with Crippen LogP contribution in [-0.2, 0) is 19.1 Å². The van der Waals surface area contributed by atoms with Crippen LogP contribution in [0.2, 0.25) is 0 Å². The standard InChI is InChI=1S/C21H39NO4S2/c1-5-7-9-11-18(23)25-14-13-22-20(3,4)15-17(16-21(22,27)28)26-19(24)12-10-8-6-2/h17,27-28H,5-16H2,1-4H3. The van der Waals surface area contributed by atoms with Crippen LogP contribution in [0.5, 0.6) is 0 Å². The zero-order valence-electron chi connectivity index (χ0n) is 18.0. The number of hydrogen-bond acceptors (Lipinski definition) is 7. The molecule has 0 aromatic carbocycles. The van der Waals surface area contributed by atoms with Crippen molar-refractivity contribution in [3.8, 4) is 0 Å². The van der Waals surface area contributed by atoms with Gasteiger partial charge in [0.2, 0.25) is 0 Å². The fourth-order valence-electron chi connectivity index (χ4n) is 3.81. The van der Waals surface area contributed by atoms with Crippen molar-refractivity contribution in [2.75, 3.05) is 13.2 Å². The Kier molecular flexibility index (Phi) is 11.3. The van der Waals surface area contributed by atoms with Crippen molar-refractivity contribution in [2.45, 2.75) is 108 Å². The summed E-state index contributed by atoms with van der Waals surface area (Å²) in [4.78, 5) is 26.1. The normalized spacial score (nSPS) is 21.3. The molecule has 7 heteroatoms. The van der Waals surface area contributed by atoms with E-state index in [0.29, 0.717) is 38.8 Å². The molecule has 1 saturated heterocycles. The Morgan fingerprint density at radius 1 is 0.964 bits per heavy atom. The van der Waals surface area contributed by atoms with Crippen LogP contribution in [0.25, 0.3) is 0 Å². The number of carbonyl (C=O) groups excluding carboxylic acids is 2. The quantitative estimate of drug-likeness (QED) is 0.197. The Balaban J connectivity index is 2.52. The molecule has 0 spiro atoms. The summed E-state index contributed by atoms with van der Waals surface area (Å²) in [6, 6.07) is 0. The summed E-state index contributed by atoms with van der Waals surface area (Å²) in [5, 5.41) is 0. The molecule has 1 unspecified atom stereocenters. The van der Waals surface area contributed by atoms with Crippen LogP contribution < -0.4 is 0 Å². The summed E-state index contributed by atoms with van der Waals surface area (Å²) < 4.78 is 10.4. The Hall–Kier alpha value is -0.400. The molecule has 1 fully saturated rings. The van der Waals surface area contributed by atoms with E-state index in [1.807, 2.05) is 0 Å². The van der Waals surface area contributed by atoms with Gasteiger partial charge in [-0.1, -0.05) is 39.5 Å². The van der Waals surface area contributed by atoms with Gasteiger partial charge in [0.25, 0.3) is 0 Å². The molecule has 0 bridgehead atoms. The summed E-state index contributed by atoms with van der Waals surface area (Å²) >= 11 is 9.49. The molecular weight excluding hydrogens is 394 g/mol. The molecule has 0 amide bonds. The Morgan fingerprint density at radius 2 is 1.54 bits per heavy atom. The van der Waals surface area contributed by atoms with Gasteiger partial charge < -0.3 is 9.47 Å². The van der Waals surface area contributed by atoms with Gasteiger partial charge in [0.1, 0.15) is 16.9 Å². The molecule has 1 atom stereocenters. The van der Waals surface area contributed by atoms with Crippen molar-refractivity contribution in [1.29, 1.82) is 0 Å². The predicted octanol–water partition coefficient (Wildman–Crippen LogP) is 4.99. The highest BCUT2D eigenvalue weighted by Crippen LogP contribution is 2.44. The molecule has 1 heterocycles. The third-order valence-corrected chi connectivity index (χ3v) is 6.08. The first kappa shape index (κ1) is 25.6. The Labute approximate surface area is 182 Å². The molecule has 0 aromatic rings. The number of piperidine rings is 1. The summed E-state index contributed by atoms with van der Waals surface area (Å²) in [5.74, 6) is -0.285. The number of nitrogens with zero attached hydrogens (tertiary/aromatic N) is 1. The van der Waals surface area contributed by atoms with Crippen LogP contribution in [-0.4, -0.2) is 45.8 Å². The number of thiol groups is 2. The molecule has 0 saturated carbocycles. The molecule has 1 aliphatic heterocycles. The van der Waals surface area contributed by atoms with E-state index >= 15 is 0 Å². The molecular formula is C21H39NO4S2. The lowest BCUT2D eigenvalue weighted by Crippen LogP contribution is -2.61. The van der Waals surface area contributed by atoms with E-state index < -0.39 is 4.20 Å². The second kappa shape index (κ2) is 12.3. The van der Waals surface area contributed by atoms with Crippen molar-refractivity contribution in [2.24, 2.45) is 0 Å². The lowest BCUT2D eigenvalue weighted by molar-refractivity contribution is -0.157. The highest BCUT2D eigenvalue weighted by Gasteiger charge is 2.47. The van der Waals surface area contributed by atoms with Gasteiger partial charge in [-0.05, 0) is 26.7 Å². The van der Waals surface area contributed by atoms with Gasteiger partial charge in [0.05, 0.1) is 0 Å². The van der Waals surface area contributed by atoms with Gasteiger partial charge in [0, 0.05) is 37.8 Å². The van der Waals surface area contributed by atoms with Crippen LogP contribution in [0.15, 0.2) is 0 Å². The third kappa shape index (κ3) is 8.95. The molecule has 28 heavy (non-hydrogen) atoms. The first-order valence-electron chi connectivity index (χ1n) is 10.7. The average Bonchev–Trinajstić information content (AvgIpc) is 2.57. The van der Waals surface area contributed by atoms with Crippen molar-refractivity contribution in [3.63, 3.8) is 0 Å². The molecule has 0 aliphatic carbocycles. The SMILES string of the molecule is CCCCCC(=O)OCCN1C(C)(C)CC(OC(=O)CCCCC)CC1(S)S. The summed E-state index contributed by atoms with van der Waals surface area (Å²) in [7, 11) is 0. The first-order valence-corrected chi connectivity index (χ1v) is 11.6. The minimum Gasteiger partial charge on any atom is -0.464 e. The van der Waals surface area contributed by atoms with Crippen LogP contribution in [0.4, 0.5) is 0 Å². The molecule has 1 aliphatic rings. The van der Waals surface area contributed by atoms with Crippen molar-refractivity contribution >= 4 is 37.2 Å². The number of hydrogen-bond donors (Lipinski definition) is 2. The molecule has 0 aromatic heterocycles. The zero-order valence-corrected chi connectivity index (χ0v) is 19.8. The fraction of sp³-hybridized carbons (Fsp3) is 0.905. The predicted molar refractivity (Wildman–Crippen MR) is 120 cm³/mol. The monoisotopic (exact) mass is 433 g/mol. The smallest absolute Gasteiger partial charge is 0.306 e. The van der Waals surface area contributed by atoms with E-state index in [2.05, 4.69) is 32.6 Å². The Bertz CT molecular complexity index is 479. The average molecular weight is 434 g/mol. The first-order chi connectivity index (χ1) is 13.1. The highest BCUT2D eigenvalue weighted by atomic mass is 32.2. The van der Waals surface area contributed by atoms with E-state index in [0.717, 1.165) is 38.5 Å². The minimum atomic E-state index is -0.731.